The standard InChI is InChI=1S/C17H18N4O/c1-12(2)17(22)21-7-3-4-14-5-6-15(8-16(14)21)20-11-13(9-18)10-19/h5-6,8,11-12,20H,3-4,7H2,1-2H3. The number of allylic oxidation sites excluding steroid dienone is 1. The fourth-order valence-electron chi connectivity index (χ4n) is 2.45. The van der Waals surface area contributed by atoms with Gasteiger partial charge < -0.3 is 10.2 Å². The van der Waals surface area contributed by atoms with Gasteiger partial charge in [-0.25, -0.2) is 0 Å². The first-order chi connectivity index (χ1) is 10.6. The molecule has 1 heterocycles. The predicted octanol–water partition coefficient (Wildman–Crippen LogP) is 2.96. The van der Waals surface area contributed by atoms with Crippen molar-refractivity contribution >= 4 is 17.3 Å². The van der Waals surface area contributed by atoms with Crippen LogP contribution in [0.4, 0.5) is 11.4 Å². The zero-order valence-corrected chi connectivity index (χ0v) is 12.8. The number of aryl methyl sites for hydroxylation is 1. The van der Waals surface area contributed by atoms with Crippen molar-refractivity contribution in [3.63, 3.8) is 0 Å². The number of carbonyl (C=O) groups excluding carboxylic acids is 1. The summed E-state index contributed by atoms with van der Waals surface area (Å²) in [5, 5.41) is 20.4. The first kappa shape index (κ1) is 15.6. The van der Waals surface area contributed by atoms with Crippen LogP contribution in [0.1, 0.15) is 25.8 Å². The monoisotopic (exact) mass is 294 g/mol. The molecular formula is C17H18N4O. The zero-order valence-electron chi connectivity index (χ0n) is 12.8. The van der Waals surface area contributed by atoms with E-state index >= 15 is 0 Å². The van der Waals surface area contributed by atoms with Gasteiger partial charge in [-0.15, -0.1) is 0 Å². The lowest BCUT2D eigenvalue weighted by molar-refractivity contribution is -0.121. The molecule has 0 bridgehead atoms. The number of hydrogen-bond acceptors (Lipinski definition) is 4. The van der Waals surface area contributed by atoms with Gasteiger partial charge in [0.15, 0.2) is 0 Å². The van der Waals surface area contributed by atoms with Crippen LogP contribution in [0, 0.1) is 28.6 Å². The van der Waals surface area contributed by atoms with E-state index < -0.39 is 0 Å². The highest BCUT2D eigenvalue weighted by Gasteiger charge is 2.24. The van der Waals surface area contributed by atoms with Crippen molar-refractivity contribution in [3.05, 3.63) is 35.5 Å². The molecule has 1 N–H and O–H groups in total. The maximum absolute atomic E-state index is 12.3. The Morgan fingerprint density at radius 1 is 1.36 bits per heavy atom. The lowest BCUT2D eigenvalue weighted by Gasteiger charge is -2.31. The van der Waals surface area contributed by atoms with Gasteiger partial charge in [-0.1, -0.05) is 19.9 Å². The van der Waals surface area contributed by atoms with E-state index in [2.05, 4.69) is 5.32 Å². The number of fused-ring (bicyclic) bond motifs is 1. The summed E-state index contributed by atoms with van der Waals surface area (Å²) in [5.41, 5.74) is 2.83. The van der Waals surface area contributed by atoms with Gasteiger partial charge in [0.25, 0.3) is 0 Å². The van der Waals surface area contributed by atoms with E-state index in [-0.39, 0.29) is 17.4 Å². The molecule has 0 saturated carbocycles. The van der Waals surface area contributed by atoms with Crippen molar-refractivity contribution in [3.8, 4) is 12.1 Å². The highest BCUT2D eigenvalue weighted by molar-refractivity contribution is 5.96. The average Bonchev–Trinajstić information content (AvgIpc) is 2.54. The average molecular weight is 294 g/mol. The summed E-state index contributed by atoms with van der Waals surface area (Å²) >= 11 is 0. The Hall–Kier alpha value is -2.79. The molecule has 0 aromatic heterocycles. The van der Waals surface area contributed by atoms with E-state index in [1.54, 1.807) is 12.1 Å². The van der Waals surface area contributed by atoms with Gasteiger partial charge in [-0.3, -0.25) is 4.79 Å². The number of nitriles is 2. The molecule has 0 unspecified atom stereocenters. The van der Waals surface area contributed by atoms with Gasteiger partial charge in [0, 0.05) is 30.0 Å². The SMILES string of the molecule is CC(C)C(=O)N1CCCc2ccc(NC=C(C#N)C#N)cc21. The Kier molecular flexibility index (Phi) is 4.80. The molecule has 5 nitrogen and oxygen atoms in total. The van der Waals surface area contributed by atoms with Gasteiger partial charge >= 0.3 is 0 Å². The number of nitrogens with zero attached hydrogens (tertiary/aromatic N) is 3. The van der Waals surface area contributed by atoms with Crippen molar-refractivity contribution in [2.45, 2.75) is 26.7 Å². The van der Waals surface area contributed by atoms with Crippen LogP contribution >= 0.6 is 0 Å². The van der Waals surface area contributed by atoms with E-state index in [9.17, 15) is 4.79 Å². The summed E-state index contributed by atoms with van der Waals surface area (Å²) in [5.74, 6) is 0.0645. The molecule has 0 aliphatic carbocycles. The molecule has 0 radical (unpaired) electrons. The molecule has 1 aliphatic heterocycles. The Labute approximate surface area is 130 Å². The number of hydrogen-bond donors (Lipinski definition) is 1. The first-order valence-electron chi connectivity index (χ1n) is 7.28. The summed E-state index contributed by atoms with van der Waals surface area (Å²) in [6.07, 6.45) is 3.29. The normalized spacial score (nSPS) is 12.9. The lowest BCUT2D eigenvalue weighted by Crippen LogP contribution is -2.38. The third kappa shape index (κ3) is 3.27. The number of nitrogens with one attached hydrogen (secondary N) is 1. The fraction of sp³-hybridized carbons (Fsp3) is 0.353. The molecular weight excluding hydrogens is 276 g/mol. The molecule has 1 aliphatic rings. The quantitative estimate of drug-likeness (QED) is 0.869. The Bertz CT molecular complexity index is 676. The van der Waals surface area contributed by atoms with Crippen LogP contribution in [0.25, 0.3) is 0 Å². The number of rotatable bonds is 3. The highest BCUT2D eigenvalue weighted by atomic mass is 16.2. The Balaban J connectivity index is 2.31. The summed E-state index contributed by atoms with van der Waals surface area (Å²) < 4.78 is 0. The molecule has 2 rings (SSSR count). The van der Waals surface area contributed by atoms with Gasteiger partial charge in [0.05, 0.1) is 0 Å². The molecule has 0 saturated heterocycles. The van der Waals surface area contributed by atoms with Crippen molar-refractivity contribution < 1.29 is 4.79 Å². The topological polar surface area (TPSA) is 79.9 Å². The van der Waals surface area contributed by atoms with Gasteiger partial charge in [-0.2, -0.15) is 10.5 Å². The Morgan fingerprint density at radius 3 is 2.73 bits per heavy atom. The predicted molar refractivity (Wildman–Crippen MR) is 84.9 cm³/mol. The van der Waals surface area contributed by atoms with E-state index in [0.29, 0.717) is 0 Å². The second-order valence-corrected chi connectivity index (χ2v) is 5.52. The number of amides is 1. The summed E-state index contributed by atoms with van der Waals surface area (Å²) in [6.45, 7) is 4.52. The van der Waals surface area contributed by atoms with E-state index in [1.807, 2.05) is 36.9 Å². The Morgan fingerprint density at radius 2 is 2.09 bits per heavy atom. The molecule has 5 heteroatoms. The molecule has 1 aromatic rings. The number of anilines is 2. The first-order valence-corrected chi connectivity index (χ1v) is 7.28. The smallest absolute Gasteiger partial charge is 0.229 e. The molecule has 1 aromatic carbocycles. The third-order valence-electron chi connectivity index (χ3n) is 3.59. The minimum atomic E-state index is -0.0498. The second-order valence-electron chi connectivity index (χ2n) is 5.52. The lowest BCUT2D eigenvalue weighted by atomic mass is 9.99. The number of benzene rings is 1. The van der Waals surface area contributed by atoms with Crippen LogP contribution in [0.3, 0.4) is 0 Å². The minimum Gasteiger partial charge on any atom is -0.360 e. The largest absolute Gasteiger partial charge is 0.360 e. The van der Waals surface area contributed by atoms with Crippen LogP contribution in [0.5, 0.6) is 0 Å². The van der Waals surface area contributed by atoms with Crippen molar-refractivity contribution in [1.29, 1.82) is 10.5 Å². The molecule has 22 heavy (non-hydrogen) atoms. The minimum absolute atomic E-state index is 0.00725. The van der Waals surface area contributed by atoms with Crippen LogP contribution < -0.4 is 10.2 Å². The van der Waals surface area contributed by atoms with E-state index in [0.717, 1.165) is 36.3 Å². The van der Waals surface area contributed by atoms with Gasteiger partial charge in [-0.05, 0) is 30.5 Å². The van der Waals surface area contributed by atoms with Crippen LogP contribution in [0.15, 0.2) is 30.0 Å². The maximum atomic E-state index is 12.3. The molecule has 112 valence electrons. The zero-order chi connectivity index (χ0) is 16.1. The van der Waals surface area contributed by atoms with Crippen LogP contribution in [-0.2, 0) is 11.2 Å². The van der Waals surface area contributed by atoms with Crippen molar-refractivity contribution in [2.75, 3.05) is 16.8 Å². The molecule has 0 fully saturated rings. The second kappa shape index (κ2) is 6.78. The summed E-state index contributed by atoms with van der Waals surface area (Å²) in [7, 11) is 0. The number of carbonyl (C=O) groups is 1. The third-order valence-corrected chi connectivity index (χ3v) is 3.59. The molecule has 0 spiro atoms. The van der Waals surface area contributed by atoms with E-state index in [4.69, 9.17) is 10.5 Å². The van der Waals surface area contributed by atoms with Crippen molar-refractivity contribution in [2.24, 2.45) is 5.92 Å². The highest BCUT2D eigenvalue weighted by Crippen LogP contribution is 2.31. The molecule has 1 amide bonds. The summed E-state index contributed by atoms with van der Waals surface area (Å²) in [4.78, 5) is 14.2. The van der Waals surface area contributed by atoms with Gasteiger partial charge in [0.1, 0.15) is 17.7 Å². The van der Waals surface area contributed by atoms with Crippen LogP contribution in [0.2, 0.25) is 0 Å². The van der Waals surface area contributed by atoms with E-state index in [1.165, 1.54) is 6.20 Å². The molecule has 0 atom stereocenters. The maximum Gasteiger partial charge on any atom is 0.229 e. The fourth-order valence-corrected chi connectivity index (χ4v) is 2.45. The van der Waals surface area contributed by atoms with Crippen LogP contribution in [-0.4, -0.2) is 12.5 Å². The van der Waals surface area contributed by atoms with Crippen molar-refractivity contribution in [1.82, 2.24) is 0 Å². The van der Waals surface area contributed by atoms with Gasteiger partial charge in [0.2, 0.25) is 5.91 Å². The summed E-state index contributed by atoms with van der Waals surface area (Å²) in [6, 6.07) is 9.38.